The predicted octanol–water partition coefficient (Wildman–Crippen LogP) is 20.3. The summed E-state index contributed by atoms with van der Waals surface area (Å²) in [4.78, 5) is 24.7. The molecule has 1 fully saturated rings. The molecule has 0 aromatic heterocycles. The van der Waals surface area contributed by atoms with Gasteiger partial charge in [-0.2, -0.15) is 0 Å². The summed E-state index contributed by atoms with van der Waals surface area (Å²) in [6, 6.07) is 0. The Labute approximate surface area is 443 Å². The quantitative estimate of drug-likeness (QED) is 0.0358. The van der Waals surface area contributed by atoms with Crippen LogP contribution in [0.25, 0.3) is 0 Å². The van der Waals surface area contributed by atoms with Crippen molar-refractivity contribution in [3.8, 4) is 0 Å². The van der Waals surface area contributed by atoms with Gasteiger partial charge in [0, 0.05) is 0 Å². The molecule has 1 aliphatic heterocycles. The first-order valence-corrected chi connectivity index (χ1v) is 32.3. The first-order valence-electron chi connectivity index (χ1n) is 32.3. The summed E-state index contributed by atoms with van der Waals surface area (Å²) in [6.07, 6.45) is 78.7. The monoisotopic (exact) mass is 1000 g/mol. The summed E-state index contributed by atoms with van der Waals surface area (Å²) in [5.74, 6) is -1.40. The van der Waals surface area contributed by atoms with E-state index >= 15 is 0 Å². The van der Waals surface area contributed by atoms with Crippen LogP contribution in [-0.2, 0) is 19.1 Å². The maximum atomic E-state index is 12.5. The van der Waals surface area contributed by atoms with Gasteiger partial charge >= 0.3 is 11.9 Å². The van der Waals surface area contributed by atoms with Gasteiger partial charge in [-0.3, -0.25) is 9.59 Å². The van der Waals surface area contributed by atoms with Crippen molar-refractivity contribution in [2.75, 3.05) is 26.4 Å². The summed E-state index contributed by atoms with van der Waals surface area (Å²) in [7, 11) is 0. The van der Waals surface area contributed by atoms with Crippen LogP contribution in [0.5, 0.6) is 0 Å². The van der Waals surface area contributed by atoms with Crippen LogP contribution in [0.15, 0.2) is 12.2 Å². The lowest BCUT2D eigenvalue weighted by molar-refractivity contribution is -0.155. The number of aliphatic hydroxyl groups excluding tert-OH is 2. The van der Waals surface area contributed by atoms with E-state index in [1.807, 2.05) is 0 Å². The first kappa shape index (κ1) is 67.6. The van der Waals surface area contributed by atoms with E-state index in [1.165, 1.54) is 315 Å². The minimum atomic E-state index is -1.12. The fourth-order valence-electron chi connectivity index (χ4n) is 10.8. The Kier molecular flexibility index (Phi) is 52.2. The van der Waals surface area contributed by atoms with Crippen LogP contribution >= 0.6 is 0 Å². The van der Waals surface area contributed by atoms with Gasteiger partial charge in [0.25, 0.3) is 0 Å². The molecule has 1 unspecified atom stereocenters. The van der Waals surface area contributed by atoms with Crippen molar-refractivity contribution < 1.29 is 29.3 Å². The number of unbranched alkanes of at least 4 members (excludes halogenated alkanes) is 50. The molecule has 0 aliphatic carbocycles. The molecule has 1 atom stereocenters. The molecule has 2 N–H and O–H groups in total. The van der Waals surface area contributed by atoms with E-state index in [-0.39, 0.29) is 19.6 Å². The Morgan fingerprint density at radius 2 is 0.606 bits per heavy atom. The average molecular weight is 1000 g/mol. The second-order valence-electron chi connectivity index (χ2n) is 23.1. The van der Waals surface area contributed by atoms with E-state index in [0.717, 1.165) is 19.3 Å². The zero-order chi connectivity index (χ0) is 51.1. The number of hydrogen-bond acceptors (Lipinski definition) is 6. The summed E-state index contributed by atoms with van der Waals surface area (Å²) in [6.45, 7) is 1.13. The van der Waals surface area contributed by atoms with Crippen LogP contribution in [0.4, 0.5) is 0 Å². The fraction of sp³-hybridized carbons (Fsp3) is 0.938. The predicted molar refractivity (Wildman–Crippen MR) is 306 cm³/mol. The van der Waals surface area contributed by atoms with Gasteiger partial charge in [0.2, 0.25) is 0 Å². The highest BCUT2D eigenvalue weighted by atomic mass is 16.6. The number of cyclic esters (lactones) is 2. The molecule has 0 aromatic carbocycles. The molecular formula is C65H124O6. The minimum Gasteiger partial charge on any atom is -0.465 e. The number of aliphatic hydroxyl groups is 2. The number of allylic oxidation sites excluding steroid dienone is 2. The van der Waals surface area contributed by atoms with Crippen molar-refractivity contribution in [1.82, 2.24) is 0 Å². The van der Waals surface area contributed by atoms with Crippen LogP contribution in [0.2, 0.25) is 0 Å². The Balaban J connectivity index is 1.67. The third kappa shape index (κ3) is 46.8. The van der Waals surface area contributed by atoms with Crippen molar-refractivity contribution in [1.29, 1.82) is 0 Å². The van der Waals surface area contributed by atoms with Gasteiger partial charge in [0.05, 0.1) is 31.0 Å². The largest absolute Gasteiger partial charge is 0.465 e. The Hall–Kier alpha value is -1.40. The van der Waals surface area contributed by atoms with Crippen molar-refractivity contribution in [3.05, 3.63) is 12.2 Å². The molecule has 1 heterocycles. The molecule has 1 aliphatic rings. The van der Waals surface area contributed by atoms with E-state index in [4.69, 9.17) is 9.47 Å². The third-order valence-corrected chi connectivity index (χ3v) is 16.1. The summed E-state index contributed by atoms with van der Waals surface area (Å²) in [5, 5.41) is 19.2. The van der Waals surface area contributed by atoms with Crippen molar-refractivity contribution in [3.63, 3.8) is 0 Å². The molecular weight excluding hydrogens is 877 g/mol. The number of ether oxygens (including phenoxy) is 2. The molecule has 0 radical (unpaired) electrons. The number of esters is 2. The van der Waals surface area contributed by atoms with Crippen molar-refractivity contribution in [2.45, 2.75) is 354 Å². The highest BCUT2D eigenvalue weighted by Gasteiger charge is 2.36. The Bertz CT molecular complexity index is 1120. The highest BCUT2D eigenvalue weighted by Crippen LogP contribution is 2.25. The summed E-state index contributed by atoms with van der Waals surface area (Å²) >= 11 is 0. The number of carbonyl (C=O) groups is 2. The number of rotatable bonds is 56. The van der Waals surface area contributed by atoms with Gasteiger partial charge in [0.1, 0.15) is 13.2 Å². The molecule has 0 aromatic rings. The summed E-state index contributed by atoms with van der Waals surface area (Å²) < 4.78 is 10.6. The SMILES string of the molecule is CC/C=C/CCCCCCCCCCCCCCCCCCCCCCCCCCCCCCCCCCCCCCCCCCCCCCCCCCCCC1CC(=O)OCC(CO)(CO)COC1=O. The topological polar surface area (TPSA) is 93.1 Å². The van der Waals surface area contributed by atoms with Gasteiger partial charge in [-0.25, -0.2) is 0 Å². The second-order valence-corrected chi connectivity index (χ2v) is 23.1. The van der Waals surface area contributed by atoms with E-state index in [0.29, 0.717) is 6.42 Å². The third-order valence-electron chi connectivity index (χ3n) is 16.1. The fourth-order valence-corrected chi connectivity index (χ4v) is 10.8. The number of carbonyl (C=O) groups excluding carboxylic acids is 2. The highest BCUT2D eigenvalue weighted by molar-refractivity contribution is 5.80. The smallest absolute Gasteiger partial charge is 0.309 e. The van der Waals surface area contributed by atoms with Crippen molar-refractivity contribution in [2.24, 2.45) is 11.3 Å². The second kappa shape index (κ2) is 54.8. The van der Waals surface area contributed by atoms with Gasteiger partial charge in [-0.05, 0) is 25.7 Å². The molecule has 1 saturated heterocycles. The van der Waals surface area contributed by atoms with E-state index in [1.54, 1.807) is 0 Å². The molecule has 1 rings (SSSR count). The minimum absolute atomic E-state index is 0.00525. The van der Waals surface area contributed by atoms with Gasteiger partial charge < -0.3 is 19.7 Å². The lowest BCUT2D eigenvalue weighted by Crippen LogP contribution is -2.40. The Morgan fingerprint density at radius 1 is 0.366 bits per heavy atom. The first-order chi connectivity index (χ1) is 35.1. The average Bonchev–Trinajstić information content (AvgIpc) is 3.44. The number of hydrogen-bond donors (Lipinski definition) is 2. The zero-order valence-corrected chi connectivity index (χ0v) is 47.8. The lowest BCUT2D eigenvalue weighted by Gasteiger charge is -2.27. The maximum Gasteiger partial charge on any atom is 0.309 e. The maximum absolute atomic E-state index is 12.5. The van der Waals surface area contributed by atoms with Crippen LogP contribution < -0.4 is 0 Å². The molecule has 6 heteroatoms. The van der Waals surface area contributed by atoms with Crippen molar-refractivity contribution >= 4 is 11.9 Å². The van der Waals surface area contributed by atoms with Crippen LogP contribution in [-0.4, -0.2) is 48.6 Å². The Morgan fingerprint density at radius 3 is 0.859 bits per heavy atom. The molecule has 6 nitrogen and oxygen atoms in total. The van der Waals surface area contributed by atoms with E-state index < -0.39 is 36.5 Å². The van der Waals surface area contributed by atoms with E-state index in [9.17, 15) is 19.8 Å². The van der Waals surface area contributed by atoms with Gasteiger partial charge in [-0.1, -0.05) is 334 Å². The normalized spacial score (nSPS) is 15.3. The van der Waals surface area contributed by atoms with Gasteiger partial charge in [-0.15, -0.1) is 0 Å². The molecule has 0 spiro atoms. The van der Waals surface area contributed by atoms with Gasteiger partial charge in [0.15, 0.2) is 0 Å². The molecule has 420 valence electrons. The molecule has 71 heavy (non-hydrogen) atoms. The zero-order valence-electron chi connectivity index (χ0n) is 47.8. The lowest BCUT2D eigenvalue weighted by atomic mass is 9.92. The molecule has 0 bridgehead atoms. The standard InChI is InChI=1S/C65H124O6/c1-2-3-4-5-6-7-8-9-10-11-12-13-14-15-16-17-18-19-20-21-22-23-24-25-26-27-28-29-30-31-32-33-34-35-36-37-38-39-40-41-42-43-44-45-46-47-48-49-50-51-52-53-54-55-56-62-57-63(68)70-60-65(58-66,59-67)61-71-64(62)69/h3-4,62,66-67H,2,5-61H2,1H3/b4-3+. The molecule has 0 amide bonds. The summed E-state index contributed by atoms with van der Waals surface area (Å²) in [5.41, 5.74) is -1.12. The van der Waals surface area contributed by atoms with Crippen LogP contribution in [0, 0.1) is 11.3 Å². The van der Waals surface area contributed by atoms with E-state index in [2.05, 4.69) is 19.1 Å². The molecule has 0 saturated carbocycles. The van der Waals surface area contributed by atoms with Crippen LogP contribution in [0.1, 0.15) is 354 Å². The van der Waals surface area contributed by atoms with Crippen LogP contribution in [0.3, 0.4) is 0 Å².